The molecule has 3 aromatic rings. The molecule has 2 aliphatic heterocycles. The molecule has 1 saturated heterocycles. The largest absolute Gasteiger partial charge is 0.467 e. The van der Waals surface area contributed by atoms with Gasteiger partial charge in [0.05, 0.1) is 18.4 Å². The van der Waals surface area contributed by atoms with Gasteiger partial charge in [0.25, 0.3) is 5.91 Å². The number of amides is 1. The average Bonchev–Trinajstić information content (AvgIpc) is 3.54. The highest BCUT2D eigenvalue weighted by atomic mass is 16.3. The predicted octanol–water partition coefficient (Wildman–Crippen LogP) is 4.80. The Morgan fingerprint density at radius 3 is 2.75 bits per heavy atom. The molecule has 1 N–H and O–H groups in total. The molecule has 5 heteroatoms. The molecule has 0 spiro atoms. The molecule has 3 atom stereocenters. The first-order valence-electron chi connectivity index (χ1n) is 11.6. The number of benzene rings is 2. The van der Waals surface area contributed by atoms with E-state index in [2.05, 4.69) is 77.5 Å². The first-order chi connectivity index (χ1) is 15.6. The zero-order valence-corrected chi connectivity index (χ0v) is 18.8. The lowest BCUT2D eigenvalue weighted by Gasteiger charge is -2.25. The van der Waals surface area contributed by atoms with Crippen LogP contribution in [-0.4, -0.2) is 36.0 Å². The van der Waals surface area contributed by atoms with Gasteiger partial charge in [-0.05, 0) is 49.9 Å². The molecule has 2 aliphatic rings. The third-order valence-corrected chi connectivity index (χ3v) is 7.04. The normalized spacial score (nSPS) is 21.5. The number of furan rings is 1. The monoisotopic (exact) mass is 429 g/mol. The minimum Gasteiger partial charge on any atom is -0.467 e. The summed E-state index contributed by atoms with van der Waals surface area (Å²) in [6.07, 6.45) is 3.62. The molecular weight excluding hydrogens is 398 g/mol. The highest BCUT2D eigenvalue weighted by molar-refractivity contribution is 5.95. The smallest absolute Gasteiger partial charge is 0.255 e. The number of para-hydroxylation sites is 1. The van der Waals surface area contributed by atoms with Crippen LogP contribution in [0.15, 0.2) is 71.3 Å². The van der Waals surface area contributed by atoms with E-state index in [-0.39, 0.29) is 11.9 Å². The van der Waals surface area contributed by atoms with E-state index in [1.807, 2.05) is 6.07 Å². The summed E-state index contributed by atoms with van der Waals surface area (Å²) < 4.78 is 5.78. The van der Waals surface area contributed by atoms with Gasteiger partial charge in [-0.3, -0.25) is 9.69 Å². The summed E-state index contributed by atoms with van der Waals surface area (Å²) in [5, 5.41) is 3.25. The second kappa shape index (κ2) is 8.83. The van der Waals surface area contributed by atoms with Crippen LogP contribution in [0.5, 0.6) is 0 Å². The van der Waals surface area contributed by atoms with Crippen LogP contribution < -0.4 is 10.2 Å². The minimum absolute atomic E-state index is 0.0342. The van der Waals surface area contributed by atoms with Gasteiger partial charge in [0.1, 0.15) is 5.76 Å². The van der Waals surface area contributed by atoms with E-state index in [0.717, 1.165) is 31.7 Å². The van der Waals surface area contributed by atoms with Crippen LogP contribution in [0.2, 0.25) is 0 Å². The SMILES string of the molecule is CC(c1ccccc1)N1CCC(NC(=O)c2ccoc2CN2c3ccccc3CC2C)C1. The zero-order valence-electron chi connectivity index (χ0n) is 18.8. The Balaban J connectivity index is 1.23. The summed E-state index contributed by atoms with van der Waals surface area (Å²) in [4.78, 5) is 17.9. The fraction of sp³-hybridized carbons (Fsp3) is 0.370. The Bertz CT molecular complexity index is 1080. The predicted molar refractivity (Wildman–Crippen MR) is 127 cm³/mol. The summed E-state index contributed by atoms with van der Waals surface area (Å²) in [7, 11) is 0. The molecule has 0 radical (unpaired) electrons. The second-order valence-electron chi connectivity index (χ2n) is 9.11. The van der Waals surface area contributed by atoms with Gasteiger partial charge < -0.3 is 14.6 Å². The second-order valence-corrected chi connectivity index (χ2v) is 9.11. The number of anilines is 1. The molecule has 3 unspecified atom stereocenters. The summed E-state index contributed by atoms with van der Waals surface area (Å²) in [5.41, 5.74) is 4.56. The van der Waals surface area contributed by atoms with Crippen LogP contribution in [0, 0.1) is 0 Å². The van der Waals surface area contributed by atoms with Crippen molar-refractivity contribution in [2.24, 2.45) is 0 Å². The lowest BCUT2D eigenvalue weighted by Crippen LogP contribution is -2.38. The van der Waals surface area contributed by atoms with Gasteiger partial charge in [-0.2, -0.15) is 0 Å². The third kappa shape index (κ3) is 4.05. The molecule has 5 rings (SSSR count). The molecular formula is C27H31N3O2. The zero-order chi connectivity index (χ0) is 22.1. The molecule has 5 nitrogen and oxygen atoms in total. The van der Waals surface area contributed by atoms with Crippen molar-refractivity contribution < 1.29 is 9.21 Å². The number of hydrogen-bond donors (Lipinski definition) is 1. The van der Waals surface area contributed by atoms with E-state index < -0.39 is 0 Å². The average molecular weight is 430 g/mol. The maximum Gasteiger partial charge on any atom is 0.255 e. The first kappa shape index (κ1) is 20.8. The fourth-order valence-corrected chi connectivity index (χ4v) is 5.15. The third-order valence-electron chi connectivity index (χ3n) is 7.04. The summed E-state index contributed by atoms with van der Waals surface area (Å²) in [6, 6.07) is 21.8. The number of carbonyl (C=O) groups excluding carboxylic acids is 1. The molecule has 0 aliphatic carbocycles. The van der Waals surface area contributed by atoms with Crippen LogP contribution in [0.1, 0.15) is 53.6 Å². The van der Waals surface area contributed by atoms with Gasteiger partial charge in [-0.15, -0.1) is 0 Å². The van der Waals surface area contributed by atoms with Crippen LogP contribution in [-0.2, 0) is 13.0 Å². The lowest BCUT2D eigenvalue weighted by molar-refractivity contribution is 0.0934. The van der Waals surface area contributed by atoms with E-state index in [9.17, 15) is 4.79 Å². The van der Waals surface area contributed by atoms with Gasteiger partial charge >= 0.3 is 0 Å². The molecule has 1 aromatic heterocycles. The number of nitrogens with one attached hydrogen (secondary N) is 1. The van der Waals surface area contributed by atoms with E-state index in [0.29, 0.717) is 24.2 Å². The highest BCUT2D eigenvalue weighted by Gasteiger charge is 2.30. The van der Waals surface area contributed by atoms with Gasteiger partial charge in [-0.25, -0.2) is 0 Å². The Kier molecular flexibility index (Phi) is 5.75. The number of carbonyl (C=O) groups is 1. The lowest BCUT2D eigenvalue weighted by atomic mass is 10.1. The molecule has 32 heavy (non-hydrogen) atoms. The quantitative estimate of drug-likeness (QED) is 0.612. The number of likely N-dealkylation sites (tertiary alicyclic amines) is 1. The summed E-state index contributed by atoms with van der Waals surface area (Å²) >= 11 is 0. The Morgan fingerprint density at radius 1 is 1.12 bits per heavy atom. The standard InChI is InChI=1S/C27H31N3O2/c1-19-16-22-10-6-7-11-25(22)30(19)18-26-24(13-15-32-26)27(31)28-23-12-14-29(17-23)20(2)21-8-4-3-5-9-21/h3-11,13,15,19-20,23H,12,14,16-18H2,1-2H3,(H,28,31). The number of fused-ring (bicyclic) bond motifs is 1. The Labute approximate surface area is 190 Å². The van der Waals surface area contributed by atoms with Crippen molar-refractivity contribution in [3.8, 4) is 0 Å². The molecule has 1 fully saturated rings. The van der Waals surface area contributed by atoms with Crippen LogP contribution in [0.4, 0.5) is 5.69 Å². The Morgan fingerprint density at radius 2 is 1.91 bits per heavy atom. The van der Waals surface area contributed by atoms with Crippen LogP contribution in [0.3, 0.4) is 0 Å². The van der Waals surface area contributed by atoms with Crippen molar-refractivity contribution >= 4 is 11.6 Å². The van der Waals surface area contributed by atoms with Crippen molar-refractivity contribution in [2.45, 2.75) is 51.4 Å². The fourth-order valence-electron chi connectivity index (χ4n) is 5.15. The van der Waals surface area contributed by atoms with Gasteiger partial charge in [0.15, 0.2) is 0 Å². The number of nitrogens with zero attached hydrogens (tertiary/aromatic N) is 2. The van der Waals surface area contributed by atoms with Crippen molar-refractivity contribution in [2.75, 3.05) is 18.0 Å². The highest BCUT2D eigenvalue weighted by Crippen LogP contribution is 2.33. The Hall–Kier alpha value is -3.05. The van der Waals surface area contributed by atoms with E-state index >= 15 is 0 Å². The van der Waals surface area contributed by atoms with Crippen molar-refractivity contribution in [3.63, 3.8) is 0 Å². The molecule has 2 aromatic carbocycles. The molecule has 3 heterocycles. The van der Waals surface area contributed by atoms with Crippen molar-refractivity contribution in [3.05, 3.63) is 89.4 Å². The summed E-state index contributed by atoms with van der Waals surface area (Å²) in [6.45, 7) is 6.93. The van der Waals surface area contributed by atoms with Gasteiger partial charge in [0, 0.05) is 36.9 Å². The minimum atomic E-state index is -0.0342. The molecule has 166 valence electrons. The van der Waals surface area contributed by atoms with E-state index in [4.69, 9.17) is 4.42 Å². The first-order valence-corrected chi connectivity index (χ1v) is 11.6. The van der Waals surface area contributed by atoms with Crippen LogP contribution in [0.25, 0.3) is 0 Å². The molecule has 0 bridgehead atoms. The van der Waals surface area contributed by atoms with Gasteiger partial charge in [0.2, 0.25) is 0 Å². The van der Waals surface area contributed by atoms with Gasteiger partial charge in [-0.1, -0.05) is 48.5 Å². The number of hydrogen-bond acceptors (Lipinski definition) is 4. The maximum absolute atomic E-state index is 13.1. The summed E-state index contributed by atoms with van der Waals surface area (Å²) in [5.74, 6) is 0.701. The van der Waals surface area contributed by atoms with E-state index in [1.54, 1.807) is 12.3 Å². The number of rotatable bonds is 6. The molecule has 1 amide bonds. The van der Waals surface area contributed by atoms with Crippen molar-refractivity contribution in [1.82, 2.24) is 10.2 Å². The van der Waals surface area contributed by atoms with Crippen LogP contribution >= 0.6 is 0 Å². The molecule has 0 saturated carbocycles. The van der Waals surface area contributed by atoms with Crippen molar-refractivity contribution in [1.29, 1.82) is 0 Å². The van der Waals surface area contributed by atoms with E-state index in [1.165, 1.54) is 16.8 Å². The maximum atomic E-state index is 13.1. The topological polar surface area (TPSA) is 48.7 Å².